The van der Waals surface area contributed by atoms with Gasteiger partial charge in [0.1, 0.15) is 11.6 Å². The molecule has 4 rings (SSSR count). The number of guanidine groups is 1. The molecule has 0 spiro atoms. The van der Waals surface area contributed by atoms with Crippen molar-refractivity contribution in [2.75, 3.05) is 6.54 Å². The molecule has 1 fully saturated rings. The second-order valence-electron chi connectivity index (χ2n) is 11.9. The van der Waals surface area contributed by atoms with Gasteiger partial charge in [-0.2, -0.15) is 4.98 Å². The second kappa shape index (κ2) is 14.3. The molecule has 228 valence electrons. The number of nitrogens with one attached hydrogen (secondary N) is 1. The van der Waals surface area contributed by atoms with Crippen molar-refractivity contribution >= 4 is 29.0 Å². The number of carbonyl (C=O) groups excluding carboxylic acids is 1. The monoisotopic (exact) mass is 580 g/mol. The normalized spacial score (nSPS) is 15.9. The first kappa shape index (κ1) is 31.1. The molecule has 0 aliphatic carbocycles. The van der Waals surface area contributed by atoms with Gasteiger partial charge in [0, 0.05) is 30.4 Å². The molecule has 0 saturated carbocycles. The number of carboxylic acid groups (broad SMARTS) is 1. The van der Waals surface area contributed by atoms with Crippen LogP contribution >= 0.6 is 0 Å². The van der Waals surface area contributed by atoms with Gasteiger partial charge < -0.3 is 23.8 Å². The molecule has 0 unspecified atom stereocenters. The molecule has 1 aliphatic heterocycles. The number of benzene rings is 1. The van der Waals surface area contributed by atoms with Crippen LogP contribution in [0.25, 0.3) is 22.3 Å². The van der Waals surface area contributed by atoms with E-state index in [0.717, 1.165) is 35.9 Å². The van der Waals surface area contributed by atoms with Crippen LogP contribution in [0.2, 0.25) is 0 Å². The molecule has 2 aromatic heterocycles. The molecule has 2 N–H and O–H groups in total. The third kappa shape index (κ3) is 8.56. The van der Waals surface area contributed by atoms with Crippen molar-refractivity contribution in [2.24, 2.45) is 4.99 Å². The van der Waals surface area contributed by atoms with Crippen LogP contribution in [-0.2, 0) is 11.3 Å². The van der Waals surface area contributed by atoms with Crippen LogP contribution in [0.3, 0.4) is 0 Å². The van der Waals surface area contributed by atoms with Crippen LogP contribution in [0.5, 0.6) is 0 Å². The Kier molecular flexibility index (Phi) is 10.6. The van der Waals surface area contributed by atoms with Gasteiger partial charge in [-0.3, -0.25) is 5.32 Å². The van der Waals surface area contributed by atoms with Crippen molar-refractivity contribution in [3.05, 3.63) is 36.4 Å². The summed E-state index contributed by atoms with van der Waals surface area (Å²) in [7, 11) is 0. The third-order valence-electron chi connectivity index (χ3n) is 7.35. The molecular weight excluding hydrogens is 536 g/mol. The number of carbonyl (C=O) groups is 2. The fraction of sp³-hybridized carbons (Fsp3) is 0.581. The lowest BCUT2D eigenvalue weighted by atomic mass is 10.1. The molecule has 1 aromatic carbocycles. The molecule has 1 saturated heterocycles. The number of likely N-dealkylation sites (tertiary alicyclic amines) is 1. The van der Waals surface area contributed by atoms with E-state index in [1.54, 1.807) is 25.7 Å². The van der Waals surface area contributed by atoms with E-state index in [4.69, 9.17) is 9.26 Å². The van der Waals surface area contributed by atoms with Crippen LogP contribution < -0.4 is 5.32 Å². The predicted octanol–water partition coefficient (Wildman–Crippen LogP) is 7.53. The SMILES string of the molecule is CCCCCCCCCCn1ccc2ccc(-c3noc([C@@H]4CCCN4/C(=N\C(=O)OC(C)(C)C)NC(=O)O)n3)cc21. The van der Waals surface area contributed by atoms with Crippen LogP contribution in [0, 0.1) is 0 Å². The molecule has 2 amide bonds. The van der Waals surface area contributed by atoms with Crippen molar-refractivity contribution in [3.63, 3.8) is 0 Å². The minimum Gasteiger partial charge on any atom is -0.465 e. The topological polar surface area (TPSA) is 135 Å². The Hall–Kier alpha value is -3.89. The van der Waals surface area contributed by atoms with Crippen LogP contribution in [0.1, 0.15) is 104 Å². The van der Waals surface area contributed by atoms with Crippen LogP contribution in [-0.4, -0.2) is 55.0 Å². The van der Waals surface area contributed by atoms with Gasteiger partial charge in [0.05, 0.1) is 0 Å². The number of unbranched alkanes of at least 4 members (excludes halogenated alkanes) is 7. The number of aryl methyl sites for hydroxylation is 1. The summed E-state index contributed by atoms with van der Waals surface area (Å²) < 4.78 is 13.2. The van der Waals surface area contributed by atoms with Gasteiger partial charge in [-0.25, -0.2) is 9.59 Å². The lowest BCUT2D eigenvalue weighted by molar-refractivity contribution is 0.0600. The van der Waals surface area contributed by atoms with Crippen molar-refractivity contribution < 1.29 is 24.0 Å². The molecular formula is C31H44N6O5. The molecule has 1 aliphatic rings. The smallest absolute Gasteiger partial charge is 0.437 e. The van der Waals surface area contributed by atoms with Gasteiger partial charge in [0.25, 0.3) is 0 Å². The highest BCUT2D eigenvalue weighted by molar-refractivity contribution is 5.98. The average Bonchev–Trinajstić information content (AvgIpc) is 3.68. The maximum absolute atomic E-state index is 12.4. The highest BCUT2D eigenvalue weighted by atomic mass is 16.6. The van der Waals surface area contributed by atoms with E-state index in [1.165, 1.54) is 44.9 Å². The zero-order valence-electron chi connectivity index (χ0n) is 25.3. The van der Waals surface area contributed by atoms with Crippen LogP contribution in [0.4, 0.5) is 9.59 Å². The lowest BCUT2D eigenvalue weighted by Crippen LogP contribution is -2.44. The number of hydrogen-bond donors (Lipinski definition) is 2. The second-order valence-corrected chi connectivity index (χ2v) is 11.9. The summed E-state index contributed by atoms with van der Waals surface area (Å²) in [6.45, 7) is 8.82. The molecule has 3 heterocycles. The van der Waals surface area contributed by atoms with Gasteiger partial charge in [0.2, 0.25) is 17.7 Å². The molecule has 11 nitrogen and oxygen atoms in total. The van der Waals surface area contributed by atoms with E-state index in [2.05, 4.69) is 56.3 Å². The maximum atomic E-state index is 12.4. The van der Waals surface area contributed by atoms with Gasteiger partial charge >= 0.3 is 12.2 Å². The van der Waals surface area contributed by atoms with Crippen LogP contribution in [0.15, 0.2) is 40.0 Å². The van der Waals surface area contributed by atoms with Crippen molar-refractivity contribution in [2.45, 2.75) is 110 Å². The third-order valence-corrected chi connectivity index (χ3v) is 7.35. The number of amides is 2. The summed E-state index contributed by atoms with van der Waals surface area (Å²) >= 11 is 0. The minimum absolute atomic E-state index is 0.126. The first-order chi connectivity index (χ1) is 20.1. The number of nitrogens with zero attached hydrogens (tertiary/aromatic N) is 5. The minimum atomic E-state index is -1.34. The van der Waals surface area contributed by atoms with E-state index in [9.17, 15) is 14.7 Å². The number of ether oxygens (including phenoxy) is 1. The summed E-state index contributed by atoms with van der Waals surface area (Å²) in [5.74, 6) is 0.663. The molecule has 0 bridgehead atoms. The number of aromatic nitrogens is 3. The summed E-state index contributed by atoms with van der Waals surface area (Å²) in [6.07, 6.45) is 11.6. The summed E-state index contributed by atoms with van der Waals surface area (Å²) in [6, 6.07) is 7.82. The first-order valence-corrected chi connectivity index (χ1v) is 15.2. The van der Waals surface area contributed by atoms with E-state index in [1.807, 2.05) is 6.07 Å². The lowest BCUT2D eigenvalue weighted by Gasteiger charge is -2.25. The Morgan fingerprint density at radius 1 is 1.12 bits per heavy atom. The zero-order valence-corrected chi connectivity index (χ0v) is 25.3. The molecule has 0 radical (unpaired) electrons. The number of rotatable bonds is 11. The van der Waals surface area contributed by atoms with E-state index in [0.29, 0.717) is 24.7 Å². The van der Waals surface area contributed by atoms with E-state index < -0.39 is 23.8 Å². The highest BCUT2D eigenvalue weighted by Crippen LogP contribution is 2.33. The Morgan fingerprint density at radius 3 is 2.57 bits per heavy atom. The van der Waals surface area contributed by atoms with E-state index in [-0.39, 0.29) is 5.96 Å². The largest absolute Gasteiger partial charge is 0.465 e. The molecule has 11 heteroatoms. The van der Waals surface area contributed by atoms with Gasteiger partial charge in [0.15, 0.2) is 0 Å². The van der Waals surface area contributed by atoms with Crippen molar-refractivity contribution in [1.82, 2.24) is 24.9 Å². The standard InChI is InChI=1S/C31H44N6O5/c1-5-6-7-8-9-10-11-12-18-36-20-17-22-15-16-23(21-25(22)36)26-32-27(42-35-26)24-14-13-19-37(24)28(33-29(38)39)34-30(40)41-31(2,3)4/h15-17,20-21,24H,5-14,18-19H2,1-4H3,(H,38,39)(H,33,34,40)/t24-/m0/s1. The fourth-order valence-corrected chi connectivity index (χ4v) is 5.33. The molecule has 3 aromatic rings. The van der Waals surface area contributed by atoms with Crippen molar-refractivity contribution in [1.29, 1.82) is 0 Å². The van der Waals surface area contributed by atoms with Gasteiger partial charge in [-0.15, -0.1) is 4.99 Å². The average molecular weight is 581 g/mol. The summed E-state index contributed by atoms with van der Waals surface area (Å²) in [5, 5.41) is 17.0. The highest BCUT2D eigenvalue weighted by Gasteiger charge is 2.35. The molecule has 42 heavy (non-hydrogen) atoms. The van der Waals surface area contributed by atoms with Gasteiger partial charge in [-0.1, -0.05) is 69.2 Å². The fourth-order valence-electron chi connectivity index (χ4n) is 5.33. The Balaban J connectivity index is 1.45. The predicted molar refractivity (Wildman–Crippen MR) is 161 cm³/mol. The quantitative estimate of drug-likeness (QED) is 0.135. The summed E-state index contributed by atoms with van der Waals surface area (Å²) in [5.41, 5.74) is 1.20. The van der Waals surface area contributed by atoms with E-state index >= 15 is 0 Å². The van der Waals surface area contributed by atoms with Crippen molar-refractivity contribution in [3.8, 4) is 11.4 Å². The Bertz CT molecular complexity index is 1370. The Labute approximate surface area is 247 Å². The number of aliphatic imine (C=N–C) groups is 1. The van der Waals surface area contributed by atoms with Gasteiger partial charge in [-0.05, 0) is 57.6 Å². The maximum Gasteiger partial charge on any atom is 0.437 e. The first-order valence-electron chi connectivity index (χ1n) is 15.2. The summed E-state index contributed by atoms with van der Waals surface area (Å²) in [4.78, 5) is 34.1. The number of fused-ring (bicyclic) bond motifs is 1. The zero-order chi connectivity index (χ0) is 30.1. The Morgan fingerprint density at radius 2 is 1.86 bits per heavy atom. The molecule has 1 atom stereocenters. The number of hydrogen-bond acceptors (Lipinski definition) is 6.